The van der Waals surface area contributed by atoms with Crippen LogP contribution in [0.5, 0.6) is 5.75 Å². The third kappa shape index (κ3) is 3.72. The van der Waals surface area contributed by atoms with Gasteiger partial charge in [-0.2, -0.15) is 15.5 Å². The highest BCUT2D eigenvalue weighted by atomic mass is 16.5. The summed E-state index contributed by atoms with van der Waals surface area (Å²) in [5, 5.41) is 19.5. The van der Waals surface area contributed by atoms with E-state index in [1.165, 1.54) is 0 Å². The summed E-state index contributed by atoms with van der Waals surface area (Å²) in [4.78, 5) is 6.90. The minimum absolute atomic E-state index is 0.118. The molecule has 8 nitrogen and oxygen atoms in total. The van der Waals surface area contributed by atoms with E-state index in [0.29, 0.717) is 11.5 Å². The summed E-state index contributed by atoms with van der Waals surface area (Å²) in [6.45, 7) is 5.24. The van der Waals surface area contributed by atoms with Gasteiger partial charge in [0.15, 0.2) is 0 Å². The number of aromatic nitrogens is 5. The zero-order valence-electron chi connectivity index (χ0n) is 19.5. The molecule has 34 heavy (non-hydrogen) atoms. The smallest absolute Gasteiger partial charge is 0.141 e. The van der Waals surface area contributed by atoms with Gasteiger partial charge in [-0.15, -0.1) is 0 Å². The van der Waals surface area contributed by atoms with Crippen molar-refractivity contribution >= 4 is 10.9 Å². The second-order valence-corrected chi connectivity index (χ2v) is 9.62. The Morgan fingerprint density at radius 1 is 1.15 bits per heavy atom. The van der Waals surface area contributed by atoms with Gasteiger partial charge in [-0.05, 0) is 56.5 Å². The molecule has 1 fully saturated rings. The van der Waals surface area contributed by atoms with Gasteiger partial charge in [-0.25, -0.2) is 4.68 Å². The number of nitrogens with zero attached hydrogens (tertiary/aromatic N) is 7. The van der Waals surface area contributed by atoms with E-state index in [9.17, 15) is 5.26 Å². The van der Waals surface area contributed by atoms with E-state index in [0.717, 1.165) is 78.1 Å². The Hall–Kier alpha value is -3.70. The summed E-state index contributed by atoms with van der Waals surface area (Å²) >= 11 is 0. The van der Waals surface area contributed by atoms with Crippen molar-refractivity contribution in [3.8, 4) is 17.5 Å². The molecule has 0 spiro atoms. The molecule has 1 atom stereocenters. The van der Waals surface area contributed by atoms with Crippen LogP contribution in [-0.2, 0) is 13.0 Å². The van der Waals surface area contributed by atoms with Gasteiger partial charge in [0.25, 0.3) is 0 Å². The molecule has 0 amide bonds. The molecule has 0 radical (unpaired) electrons. The summed E-state index contributed by atoms with van der Waals surface area (Å²) in [6.07, 6.45) is 10.2. The number of aryl methyl sites for hydroxylation is 2. The number of nitriles is 1. The lowest BCUT2D eigenvalue weighted by molar-refractivity contribution is 0.116. The quantitative estimate of drug-likeness (QED) is 0.457. The lowest BCUT2D eigenvalue weighted by Crippen LogP contribution is -2.45. The molecule has 0 N–H and O–H groups in total. The molecule has 8 heteroatoms. The fourth-order valence-electron chi connectivity index (χ4n) is 5.23. The molecule has 0 unspecified atom stereocenters. The van der Waals surface area contributed by atoms with Crippen LogP contribution in [-0.4, -0.2) is 49.6 Å². The third-order valence-corrected chi connectivity index (χ3v) is 6.93. The lowest BCUT2D eigenvalue weighted by Gasteiger charge is -2.35. The average molecular weight is 454 g/mol. The second-order valence-electron chi connectivity index (χ2n) is 9.62. The molecule has 6 rings (SSSR count). The van der Waals surface area contributed by atoms with Crippen LogP contribution in [0.15, 0.2) is 43.0 Å². The predicted molar refractivity (Wildman–Crippen MR) is 128 cm³/mol. The van der Waals surface area contributed by atoms with Gasteiger partial charge in [0.05, 0.1) is 35.4 Å². The number of benzene rings is 1. The Morgan fingerprint density at radius 3 is 2.85 bits per heavy atom. The molecule has 1 aliphatic heterocycles. The van der Waals surface area contributed by atoms with Crippen molar-refractivity contribution in [2.75, 3.05) is 20.1 Å². The van der Waals surface area contributed by atoms with E-state index < -0.39 is 0 Å². The SMILES string of the molecule is Cc1cc2cnn(-c3cnn(CC4CN(C)C4)c3)c2cc1O[C@@H]1CCCc2cc(C#N)cnc21. The Kier molecular flexibility index (Phi) is 5.07. The summed E-state index contributed by atoms with van der Waals surface area (Å²) in [5.74, 6) is 1.49. The highest BCUT2D eigenvalue weighted by Crippen LogP contribution is 2.35. The Bertz CT molecular complexity index is 1410. The van der Waals surface area contributed by atoms with Crippen molar-refractivity contribution in [2.24, 2.45) is 5.92 Å². The van der Waals surface area contributed by atoms with Crippen LogP contribution < -0.4 is 4.74 Å². The number of hydrogen-bond acceptors (Lipinski definition) is 6. The first-order chi connectivity index (χ1) is 16.6. The normalized spacial score (nSPS) is 18.4. The maximum absolute atomic E-state index is 9.21. The van der Waals surface area contributed by atoms with Crippen LogP contribution in [0.4, 0.5) is 0 Å². The van der Waals surface area contributed by atoms with Crippen molar-refractivity contribution in [1.29, 1.82) is 5.26 Å². The van der Waals surface area contributed by atoms with Crippen molar-refractivity contribution < 1.29 is 4.74 Å². The van der Waals surface area contributed by atoms with Crippen LogP contribution in [0.25, 0.3) is 16.6 Å². The van der Waals surface area contributed by atoms with Crippen LogP contribution in [0.3, 0.4) is 0 Å². The molecule has 1 aromatic carbocycles. The number of rotatable bonds is 5. The Balaban J connectivity index is 1.29. The monoisotopic (exact) mass is 453 g/mol. The molecule has 172 valence electrons. The van der Waals surface area contributed by atoms with Crippen molar-refractivity contribution in [3.05, 3.63) is 65.4 Å². The highest BCUT2D eigenvalue weighted by Gasteiger charge is 2.25. The Morgan fingerprint density at radius 2 is 2.03 bits per heavy atom. The first-order valence-electron chi connectivity index (χ1n) is 11.8. The number of ether oxygens (including phenoxy) is 1. The first kappa shape index (κ1) is 20.9. The molecule has 4 aromatic rings. The number of likely N-dealkylation sites (tertiary alicyclic amines) is 1. The molecule has 2 aliphatic rings. The zero-order valence-corrected chi connectivity index (χ0v) is 19.5. The molecule has 1 aliphatic carbocycles. The van der Waals surface area contributed by atoms with Crippen LogP contribution in [0.2, 0.25) is 0 Å². The molecule has 0 saturated carbocycles. The fourth-order valence-corrected chi connectivity index (χ4v) is 5.23. The lowest BCUT2D eigenvalue weighted by atomic mass is 9.92. The summed E-state index contributed by atoms with van der Waals surface area (Å²) in [6, 6.07) is 8.34. The van der Waals surface area contributed by atoms with Gasteiger partial charge in [0, 0.05) is 43.2 Å². The van der Waals surface area contributed by atoms with Gasteiger partial charge >= 0.3 is 0 Å². The minimum atomic E-state index is -0.118. The molecule has 1 saturated heterocycles. The number of fused-ring (bicyclic) bond motifs is 2. The van der Waals surface area contributed by atoms with Crippen molar-refractivity contribution in [1.82, 2.24) is 29.4 Å². The van der Waals surface area contributed by atoms with Crippen LogP contribution >= 0.6 is 0 Å². The van der Waals surface area contributed by atoms with E-state index in [4.69, 9.17) is 4.74 Å². The van der Waals surface area contributed by atoms with Gasteiger partial charge in [-0.1, -0.05) is 0 Å². The molecular formula is C26H27N7O. The van der Waals surface area contributed by atoms with Gasteiger partial charge in [-0.3, -0.25) is 9.67 Å². The minimum Gasteiger partial charge on any atom is -0.484 e. The first-order valence-corrected chi connectivity index (χ1v) is 11.8. The largest absolute Gasteiger partial charge is 0.484 e. The maximum atomic E-state index is 9.21. The second kappa shape index (κ2) is 8.26. The van der Waals surface area contributed by atoms with Gasteiger partial charge in [0.1, 0.15) is 23.6 Å². The number of pyridine rings is 1. The van der Waals surface area contributed by atoms with Crippen molar-refractivity contribution in [3.63, 3.8) is 0 Å². The van der Waals surface area contributed by atoms with E-state index in [2.05, 4.69) is 58.5 Å². The van der Waals surface area contributed by atoms with Crippen LogP contribution in [0.1, 0.15) is 41.3 Å². The Labute approximate surface area is 198 Å². The van der Waals surface area contributed by atoms with Crippen molar-refractivity contribution in [2.45, 2.75) is 38.8 Å². The molecule has 4 heterocycles. The average Bonchev–Trinajstić information content (AvgIpc) is 3.44. The van der Waals surface area contributed by atoms with Gasteiger partial charge in [0.2, 0.25) is 0 Å². The summed E-state index contributed by atoms with van der Waals surface area (Å²) in [7, 11) is 2.15. The van der Waals surface area contributed by atoms with E-state index >= 15 is 0 Å². The number of hydrogen-bond donors (Lipinski definition) is 0. The standard InChI is InChI=1S/C26H27N7O/c1-17-6-21-11-30-33(22-12-29-32(16-22)15-19-13-31(2)14-19)23(21)8-25(17)34-24-5-3-4-20-7-18(9-27)10-28-26(20)24/h6-8,10-12,16,19,24H,3-5,13-15H2,1-2H3/t24-/m1/s1. The molecule has 3 aromatic heterocycles. The predicted octanol–water partition coefficient (Wildman–Crippen LogP) is 3.82. The fraction of sp³-hybridized carbons (Fsp3) is 0.385. The third-order valence-electron chi connectivity index (χ3n) is 6.93. The summed E-state index contributed by atoms with van der Waals surface area (Å²) < 4.78 is 10.5. The zero-order chi connectivity index (χ0) is 23.2. The van der Waals surface area contributed by atoms with Crippen LogP contribution in [0, 0.1) is 24.2 Å². The van der Waals surface area contributed by atoms with E-state index in [-0.39, 0.29) is 6.10 Å². The van der Waals surface area contributed by atoms with E-state index in [1.54, 1.807) is 6.20 Å². The summed E-state index contributed by atoms with van der Waals surface area (Å²) in [5.41, 5.74) is 5.67. The topological polar surface area (TPSA) is 84.8 Å². The van der Waals surface area contributed by atoms with E-state index in [1.807, 2.05) is 27.8 Å². The maximum Gasteiger partial charge on any atom is 0.141 e. The van der Waals surface area contributed by atoms with Gasteiger partial charge < -0.3 is 9.64 Å². The molecule has 0 bridgehead atoms. The highest BCUT2D eigenvalue weighted by molar-refractivity contribution is 5.83. The molecular weight excluding hydrogens is 426 g/mol.